The number of hydrogen-bond donors (Lipinski definition) is 0. The normalized spacial score (nSPS) is 11.4. The maximum absolute atomic E-state index is 17.1. The van der Waals surface area contributed by atoms with Crippen molar-refractivity contribution in [2.45, 2.75) is 0 Å². The first-order valence-electron chi connectivity index (χ1n) is 29.7. The van der Waals surface area contributed by atoms with Crippen LogP contribution in [0.4, 0.5) is 8.78 Å². The van der Waals surface area contributed by atoms with Crippen LogP contribution in [0.2, 0.25) is 0 Å². The van der Waals surface area contributed by atoms with Gasteiger partial charge in [0.05, 0.1) is 67.3 Å². The van der Waals surface area contributed by atoms with E-state index >= 15 is 8.78 Å². The fourth-order valence-electron chi connectivity index (χ4n) is 12.8. The highest BCUT2D eigenvalue weighted by molar-refractivity contribution is 6.14. The molecule has 16 rings (SSSR count). The van der Waals surface area contributed by atoms with Crippen LogP contribution in [0.25, 0.3) is 156 Å². The summed E-state index contributed by atoms with van der Waals surface area (Å²) in [6, 6.07) is 92.3. The Morgan fingerprint density at radius 3 is 0.889 bits per heavy atom. The molecule has 0 N–H and O–H groups in total. The summed E-state index contributed by atoms with van der Waals surface area (Å²) < 4.78 is 38.3. The Labute approximate surface area is 517 Å². The van der Waals surface area contributed by atoms with Gasteiger partial charge >= 0.3 is 0 Å². The molecule has 0 fully saturated rings. The summed E-state index contributed by atoms with van der Waals surface area (Å²) in [5, 5.41) is 15.3. The Bertz CT molecular complexity index is 5220. The van der Waals surface area contributed by atoms with E-state index in [4.69, 9.17) is 19.9 Å². The molecule has 6 heterocycles. The number of fused-ring (bicyclic) bond motifs is 6. The lowest BCUT2D eigenvalue weighted by Gasteiger charge is -2.19. The van der Waals surface area contributed by atoms with Gasteiger partial charge < -0.3 is 9.13 Å². The van der Waals surface area contributed by atoms with E-state index in [1.807, 2.05) is 146 Å². The monoisotopic (exact) mass is 1160 g/mol. The highest BCUT2D eigenvalue weighted by atomic mass is 19.1. The molecule has 0 atom stereocenters. The van der Waals surface area contributed by atoms with Gasteiger partial charge in [0.25, 0.3) is 0 Å². The molecular weight excluding hydrogens is 1110 g/mol. The summed E-state index contributed by atoms with van der Waals surface area (Å²) in [5.41, 5.74) is 19.4. The summed E-state index contributed by atoms with van der Waals surface area (Å²) in [6.45, 7) is 0. The highest BCUT2D eigenvalue weighted by Crippen LogP contribution is 2.45. The first-order chi connectivity index (χ1) is 44.4. The van der Waals surface area contributed by atoms with E-state index in [2.05, 4.69) is 137 Å². The SMILES string of the molecule is N#Cc1cc(-n2c3ccc(-c4ccnc(-c5ccccc5)c4)cc3c3cc(-c4ccnc(-c5ccccc5)c4)ccc32)c(-c2c(F)cccc2F)cc1-n1c2ccc(-c3ccnc(-c4ccccc4)c3)cc2c2cc(-c3ccnc(-c4ccccc4)c3)ccc21. The zero-order valence-corrected chi connectivity index (χ0v) is 48.2. The van der Waals surface area contributed by atoms with Crippen molar-refractivity contribution < 1.29 is 8.78 Å². The molecule has 0 unspecified atom stereocenters. The van der Waals surface area contributed by atoms with Crippen molar-refractivity contribution in [3.05, 3.63) is 315 Å². The minimum absolute atomic E-state index is 0.221. The van der Waals surface area contributed by atoms with Gasteiger partial charge in [-0.1, -0.05) is 152 Å². The lowest BCUT2D eigenvalue weighted by Crippen LogP contribution is -2.05. The molecular formula is C81H49F2N7. The summed E-state index contributed by atoms with van der Waals surface area (Å²) in [6.07, 6.45) is 7.33. The summed E-state index contributed by atoms with van der Waals surface area (Å²) in [4.78, 5) is 19.0. The van der Waals surface area contributed by atoms with Crippen LogP contribution in [-0.2, 0) is 0 Å². The highest BCUT2D eigenvalue weighted by Gasteiger charge is 2.26. The third kappa shape index (κ3) is 9.44. The van der Waals surface area contributed by atoms with Crippen LogP contribution >= 0.6 is 0 Å². The van der Waals surface area contributed by atoms with E-state index in [0.29, 0.717) is 16.9 Å². The summed E-state index contributed by atoms with van der Waals surface area (Å²) in [5.74, 6) is -1.49. The fraction of sp³-hybridized carbons (Fsp3) is 0. The first-order valence-corrected chi connectivity index (χ1v) is 29.7. The zero-order valence-electron chi connectivity index (χ0n) is 48.2. The Kier molecular flexibility index (Phi) is 13.2. The van der Waals surface area contributed by atoms with E-state index in [9.17, 15) is 5.26 Å². The van der Waals surface area contributed by atoms with E-state index in [-0.39, 0.29) is 11.1 Å². The second kappa shape index (κ2) is 22.2. The predicted octanol–water partition coefficient (Wildman–Crippen LogP) is 20.6. The third-order valence-electron chi connectivity index (χ3n) is 17.1. The largest absolute Gasteiger partial charge is 0.309 e. The van der Waals surface area contributed by atoms with Gasteiger partial charge in [0.15, 0.2) is 0 Å². The van der Waals surface area contributed by atoms with Crippen LogP contribution < -0.4 is 0 Å². The van der Waals surface area contributed by atoms with Gasteiger partial charge in [0.1, 0.15) is 17.7 Å². The van der Waals surface area contributed by atoms with Crippen molar-refractivity contribution >= 4 is 43.6 Å². The minimum Gasteiger partial charge on any atom is -0.309 e. The van der Waals surface area contributed by atoms with Crippen LogP contribution in [0, 0.1) is 23.0 Å². The molecule has 0 amide bonds. The molecule has 0 spiro atoms. The maximum atomic E-state index is 17.1. The van der Waals surface area contributed by atoms with Crippen LogP contribution in [0.15, 0.2) is 298 Å². The van der Waals surface area contributed by atoms with Crippen LogP contribution in [-0.4, -0.2) is 29.1 Å². The molecule has 0 aliphatic rings. The second-order valence-electron chi connectivity index (χ2n) is 22.4. The van der Waals surface area contributed by atoms with Crippen molar-refractivity contribution in [2.24, 2.45) is 0 Å². The number of aromatic nitrogens is 6. The fourth-order valence-corrected chi connectivity index (χ4v) is 12.8. The number of halogens is 2. The van der Waals surface area contributed by atoms with Crippen molar-refractivity contribution in [1.82, 2.24) is 29.1 Å². The van der Waals surface area contributed by atoms with Crippen LogP contribution in [0.5, 0.6) is 0 Å². The van der Waals surface area contributed by atoms with Crippen molar-refractivity contribution in [3.63, 3.8) is 0 Å². The Morgan fingerprint density at radius 1 is 0.278 bits per heavy atom. The van der Waals surface area contributed by atoms with Gasteiger partial charge in [-0.15, -0.1) is 0 Å². The molecule has 0 aliphatic carbocycles. The van der Waals surface area contributed by atoms with Crippen molar-refractivity contribution in [1.29, 1.82) is 5.26 Å². The van der Waals surface area contributed by atoms with E-state index < -0.39 is 11.6 Å². The Balaban J connectivity index is 0.933. The Morgan fingerprint density at radius 2 is 0.578 bits per heavy atom. The molecule has 6 aromatic heterocycles. The third-order valence-corrected chi connectivity index (χ3v) is 17.1. The lowest BCUT2D eigenvalue weighted by atomic mass is 9.98. The molecule has 16 aromatic rings. The van der Waals surface area contributed by atoms with Gasteiger partial charge in [-0.05, 0) is 166 Å². The van der Waals surface area contributed by atoms with Crippen molar-refractivity contribution in [2.75, 3.05) is 0 Å². The van der Waals surface area contributed by atoms with Gasteiger partial charge in [-0.3, -0.25) is 19.9 Å². The molecule has 0 saturated heterocycles. The van der Waals surface area contributed by atoms with Gasteiger partial charge in [-0.2, -0.15) is 5.26 Å². The van der Waals surface area contributed by atoms with Gasteiger partial charge in [0, 0.05) is 74.1 Å². The molecule has 7 nitrogen and oxygen atoms in total. The van der Waals surface area contributed by atoms with Crippen LogP contribution in [0.1, 0.15) is 5.56 Å². The number of benzene rings is 10. The summed E-state index contributed by atoms with van der Waals surface area (Å²) >= 11 is 0. The molecule has 0 saturated carbocycles. The topological polar surface area (TPSA) is 85.2 Å². The van der Waals surface area contributed by atoms with E-state index in [0.717, 1.165) is 133 Å². The molecule has 0 radical (unpaired) electrons. The van der Waals surface area contributed by atoms with Crippen molar-refractivity contribution in [3.8, 4) is 118 Å². The number of nitriles is 1. The quantitative estimate of drug-likeness (QED) is 0.129. The van der Waals surface area contributed by atoms with E-state index in [1.165, 1.54) is 18.2 Å². The average molecular weight is 1160 g/mol. The Hall–Kier alpha value is -12.3. The molecule has 0 aliphatic heterocycles. The predicted molar refractivity (Wildman–Crippen MR) is 360 cm³/mol. The van der Waals surface area contributed by atoms with E-state index in [1.54, 1.807) is 12.1 Å². The van der Waals surface area contributed by atoms with Crippen LogP contribution in [0.3, 0.4) is 0 Å². The standard InChI is InChI=1S/C81H49F2N7/c82-69-22-13-23-70(83)81(69)68-49-79(89-75-28-24-55(59-32-36-85-71(44-59)51-14-5-1-6-15-51)40-64(75)65-41-56(25-29-76(65)89)60-33-37-86-72(45-60)52-16-7-2-8-17-52)63(50-84)48-80(68)90-77-30-26-57(61-34-38-87-73(46-61)53-18-9-3-10-19-53)42-66(77)67-43-58(27-31-78(67)90)62-35-39-88-74(47-62)54-20-11-4-12-21-54/h1-49H. The molecule has 9 heteroatoms. The maximum Gasteiger partial charge on any atom is 0.134 e. The first kappa shape index (κ1) is 53.2. The lowest BCUT2D eigenvalue weighted by molar-refractivity contribution is 0.589. The average Bonchev–Trinajstić information content (AvgIpc) is 1.59. The van der Waals surface area contributed by atoms with Gasteiger partial charge in [-0.25, -0.2) is 8.78 Å². The molecule has 422 valence electrons. The smallest absolute Gasteiger partial charge is 0.134 e. The minimum atomic E-state index is -0.744. The summed E-state index contributed by atoms with van der Waals surface area (Å²) in [7, 11) is 0. The number of rotatable bonds is 11. The van der Waals surface area contributed by atoms with Gasteiger partial charge in [0.2, 0.25) is 0 Å². The molecule has 10 aromatic carbocycles. The number of nitrogens with zero attached hydrogens (tertiary/aromatic N) is 7. The molecule has 90 heavy (non-hydrogen) atoms. The molecule has 0 bridgehead atoms. The number of pyridine rings is 4. The number of hydrogen-bond acceptors (Lipinski definition) is 5. The second-order valence-corrected chi connectivity index (χ2v) is 22.4. The zero-order chi connectivity index (χ0) is 60.2.